The number of amides is 1. The minimum atomic E-state index is -0.113. The van der Waals surface area contributed by atoms with Crippen LogP contribution in [-0.2, 0) is 9.53 Å². The number of ether oxygens (including phenoxy) is 1. The Labute approximate surface area is 120 Å². The molecule has 1 saturated heterocycles. The van der Waals surface area contributed by atoms with Gasteiger partial charge >= 0.3 is 0 Å². The number of hydrogen-bond acceptors (Lipinski definition) is 3. The van der Waals surface area contributed by atoms with Crippen LogP contribution in [0.25, 0.3) is 0 Å². The number of likely N-dealkylation sites (N-methyl/N-ethyl adjacent to an activating group) is 1. The molecule has 1 aromatic carbocycles. The zero-order valence-electron chi connectivity index (χ0n) is 12.5. The van der Waals surface area contributed by atoms with Crippen LogP contribution in [0.2, 0.25) is 0 Å². The Hall–Kier alpha value is -1.39. The minimum Gasteiger partial charge on any atom is -0.379 e. The van der Waals surface area contributed by atoms with Crippen molar-refractivity contribution < 1.29 is 9.53 Å². The van der Waals surface area contributed by atoms with Crippen molar-refractivity contribution in [1.82, 2.24) is 5.32 Å². The molecule has 2 atom stereocenters. The lowest BCUT2D eigenvalue weighted by Gasteiger charge is -2.18. The van der Waals surface area contributed by atoms with Gasteiger partial charge in [0.1, 0.15) is 0 Å². The Morgan fingerprint density at radius 3 is 2.90 bits per heavy atom. The van der Waals surface area contributed by atoms with Crippen molar-refractivity contribution in [2.75, 3.05) is 25.1 Å². The second-order valence-electron chi connectivity index (χ2n) is 5.58. The van der Waals surface area contributed by atoms with E-state index in [1.54, 1.807) is 0 Å². The molecule has 4 heteroatoms. The normalized spacial score (nSPS) is 22.2. The molecule has 0 aliphatic carbocycles. The molecule has 0 radical (unpaired) electrons. The fourth-order valence-corrected chi connectivity index (χ4v) is 2.49. The predicted octanol–water partition coefficient (Wildman–Crippen LogP) is 2.37. The summed E-state index contributed by atoms with van der Waals surface area (Å²) in [6.07, 6.45) is 0. The molecule has 4 nitrogen and oxygen atoms in total. The molecule has 1 aliphatic rings. The number of anilines is 1. The lowest BCUT2D eigenvalue weighted by molar-refractivity contribution is -0.120. The van der Waals surface area contributed by atoms with Crippen LogP contribution in [0.4, 0.5) is 5.69 Å². The summed E-state index contributed by atoms with van der Waals surface area (Å²) in [6, 6.07) is 8.16. The first-order valence-corrected chi connectivity index (χ1v) is 7.33. The average Bonchev–Trinajstić information content (AvgIpc) is 2.88. The van der Waals surface area contributed by atoms with E-state index in [1.807, 2.05) is 25.1 Å². The zero-order valence-corrected chi connectivity index (χ0v) is 12.5. The van der Waals surface area contributed by atoms with Crippen molar-refractivity contribution in [2.24, 2.45) is 5.92 Å². The third kappa shape index (κ3) is 3.58. The van der Waals surface area contributed by atoms with Crippen LogP contribution < -0.4 is 10.6 Å². The Balaban J connectivity index is 2.02. The summed E-state index contributed by atoms with van der Waals surface area (Å²) in [7, 11) is 0. The third-order valence-electron chi connectivity index (χ3n) is 3.70. The molecular weight excluding hydrogens is 252 g/mol. The van der Waals surface area contributed by atoms with Crippen molar-refractivity contribution in [3.63, 3.8) is 0 Å². The zero-order chi connectivity index (χ0) is 14.5. The molecule has 110 valence electrons. The Kier molecular flexibility index (Phi) is 5.15. The number of hydrogen-bond donors (Lipinski definition) is 2. The second kappa shape index (κ2) is 6.86. The standard InChI is InChI=1S/C16H24N2O2/c1-4-17-15-10-20-9-14(15)16(19)18-13-7-5-6-12(8-13)11(2)3/h5-8,11,14-15,17H,4,9-10H2,1-3H3,(H,18,19). The maximum atomic E-state index is 12.4. The fourth-order valence-electron chi connectivity index (χ4n) is 2.49. The third-order valence-corrected chi connectivity index (χ3v) is 3.70. The first-order chi connectivity index (χ1) is 9.61. The van der Waals surface area contributed by atoms with Crippen molar-refractivity contribution >= 4 is 11.6 Å². The van der Waals surface area contributed by atoms with E-state index < -0.39 is 0 Å². The van der Waals surface area contributed by atoms with E-state index in [-0.39, 0.29) is 17.9 Å². The summed E-state index contributed by atoms with van der Waals surface area (Å²) in [5.41, 5.74) is 2.09. The van der Waals surface area contributed by atoms with Crippen LogP contribution in [0.3, 0.4) is 0 Å². The van der Waals surface area contributed by atoms with E-state index in [0.717, 1.165) is 12.2 Å². The molecular formula is C16H24N2O2. The molecule has 2 unspecified atom stereocenters. The van der Waals surface area contributed by atoms with Gasteiger partial charge in [-0.25, -0.2) is 0 Å². The van der Waals surface area contributed by atoms with Gasteiger partial charge in [-0.15, -0.1) is 0 Å². The van der Waals surface area contributed by atoms with E-state index in [1.165, 1.54) is 5.56 Å². The Morgan fingerprint density at radius 2 is 2.20 bits per heavy atom. The first kappa shape index (κ1) is 15.0. The predicted molar refractivity (Wildman–Crippen MR) is 80.9 cm³/mol. The van der Waals surface area contributed by atoms with Crippen LogP contribution in [0, 0.1) is 5.92 Å². The summed E-state index contributed by atoms with van der Waals surface area (Å²) in [5, 5.41) is 6.31. The van der Waals surface area contributed by atoms with E-state index >= 15 is 0 Å². The SMILES string of the molecule is CCNC1COCC1C(=O)Nc1cccc(C(C)C)c1. The fraction of sp³-hybridized carbons (Fsp3) is 0.562. The molecule has 2 rings (SSSR count). The molecule has 2 N–H and O–H groups in total. The Morgan fingerprint density at radius 1 is 1.40 bits per heavy atom. The Bertz CT molecular complexity index is 460. The number of carbonyl (C=O) groups excluding carboxylic acids is 1. The van der Waals surface area contributed by atoms with Crippen LogP contribution in [0.5, 0.6) is 0 Å². The van der Waals surface area contributed by atoms with E-state index in [0.29, 0.717) is 19.1 Å². The molecule has 1 heterocycles. The largest absolute Gasteiger partial charge is 0.379 e. The summed E-state index contributed by atoms with van der Waals surface area (Å²) in [6.45, 7) is 8.28. The smallest absolute Gasteiger partial charge is 0.231 e. The molecule has 0 spiro atoms. The number of carbonyl (C=O) groups is 1. The summed E-state index contributed by atoms with van der Waals surface area (Å²) in [4.78, 5) is 12.4. The van der Waals surface area contributed by atoms with Gasteiger partial charge < -0.3 is 15.4 Å². The van der Waals surface area contributed by atoms with E-state index in [4.69, 9.17) is 4.74 Å². The lowest BCUT2D eigenvalue weighted by Crippen LogP contribution is -2.41. The molecule has 0 aromatic heterocycles. The van der Waals surface area contributed by atoms with Gasteiger partial charge in [-0.2, -0.15) is 0 Å². The molecule has 0 bridgehead atoms. The summed E-state index contributed by atoms with van der Waals surface area (Å²) in [5.74, 6) is 0.378. The van der Waals surface area contributed by atoms with Gasteiger partial charge in [0.05, 0.1) is 19.1 Å². The highest BCUT2D eigenvalue weighted by Crippen LogP contribution is 2.21. The van der Waals surface area contributed by atoms with Crippen LogP contribution in [0.1, 0.15) is 32.3 Å². The maximum absolute atomic E-state index is 12.4. The van der Waals surface area contributed by atoms with Crippen molar-refractivity contribution in [1.29, 1.82) is 0 Å². The highest BCUT2D eigenvalue weighted by molar-refractivity contribution is 5.93. The van der Waals surface area contributed by atoms with Crippen molar-refractivity contribution in [2.45, 2.75) is 32.7 Å². The molecule has 1 aromatic rings. The van der Waals surface area contributed by atoms with Gasteiger partial charge in [0.25, 0.3) is 0 Å². The quantitative estimate of drug-likeness (QED) is 0.868. The summed E-state index contributed by atoms with van der Waals surface area (Å²) < 4.78 is 5.42. The highest BCUT2D eigenvalue weighted by atomic mass is 16.5. The summed E-state index contributed by atoms with van der Waals surface area (Å²) >= 11 is 0. The molecule has 1 fully saturated rings. The van der Waals surface area contributed by atoms with Gasteiger partial charge in [-0.1, -0.05) is 32.9 Å². The van der Waals surface area contributed by atoms with Crippen LogP contribution >= 0.6 is 0 Å². The van der Waals surface area contributed by atoms with Gasteiger partial charge in [-0.05, 0) is 30.2 Å². The van der Waals surface area contributed by atoms with Crippen molar-refractivity contribution in [3.8, 4) is 0 Å². The molecule has 0 saturated carbocycles. The van der Waals surface area contributed by atoms with Gasteiger partial charge in [0, 0.05) is 11.7 Å². The van der Waals surface area contributed by atoms with E-state index in [2.05, 4.69) is 30.5 Å². The molecule has 1 amide bonds. The number of nitrogens with one attached hydrogen (secondary N) is 2. The van der Waals surface area contributed by atoms with E-state index in [9.17, 15) is 4.79 Å². The van der Waals surface area contributed by atoms with Crippen LogP contribution in [-0.4, -0.2) is 31.7 Å². The first-order valence-electron chi connectivity index (χ1n) is 7.33. The lowest BCUT2D eigenvalue weighted by atomic mass is 10.0. The monoisotopic (exact) mass is 276 g/mol. The van der Waals surface area contributed by atoms with Gasteiger partial charge in [0.15, 0.2) is 0 Å². The second-order valence-corrected chi connectivity index (χ2v) is 5.58. The maximum Gasteiger partial charge on any atom is 0.231 e. The topological polar surface area (TPSA) is 50.4 Å². The van der Waals surface area contributed by atoms with Crippen LogP contribution in [0.15, 0.2) is 24.3 Å². The van der Waals surface area contributed by atoms with Crippen molar-refractivity contribution in [3.05, 3.63) is 29.8 Å². The van der Waals surface area contributed by atoms with Gasteiger partial charge in [0.2, 0.25) is 5.91 Å². The van der Waals surface area contributed by atoms with Gasteiger partial charge in [-0.3, -0.25) is 4.79 Å². The number of benzene rings is 1. The highest BCUT2D eigenvalue weighted by Gasteiger charge is 2.33. The average molecular weight is 276 g/mol. The molecule has 20 heavy (non-hydrogen) atoms. The molecule has 1 aliphatic heterocycles. The minimum absolute atomic E-state index is 0.0364. The number of rotatable bonds is 5.